The summed E-state index contributed by atoms with van der Waals surface area (Å²) in [7, 11) is 4.08. The number of nitrogen functional groups attached to an aromatic ring is 1. The molecule has 2 aromatic rings. The van der Waals surface area contributed by atoms with Crippen LogP contribution in [0.4, 0.5) is 11.8 Å². The van der Waals surface area contributed by atoms with E-state index in [0.29, 0.717) is 5.95 Å². The lowest BCUT2D eigenvalue weighted by atomic mass is 10.4. The van der Waals surface area contributed by atoms with E-state index < -0.39 is 0 Å². The minimum absolute atomic E-state index is 0.322. The van der Waals surface area contributed by atoms with Gasteiger partial charge < -0.3 is 16.0 Å². The van der Waals surface area contributed by atoms with Crippen LogP contribution in [0.15, 0.2) is 11.4 Å². The maximum Gasteiger partial charge on any atom is 0.223 e. The third-order valence-electron chi connectivity index (χ3n) is 2.19. The van der Waals surface area contributed by atoms with Crippen LogP contribution in [0.5, 0.6) is 0 Å². The number of nitrogens with two attached hydrogens (primary N) is 1. The second-order valence-electron chi connectivity index (χ2n) is 3.80. The molecule has 2 heterocycles. The standard InChI is InChI=1S/C10H15N5S/c1-15(2)5-4-12-8-7-3-6-16-9(7)14-10(11)13-8/h3,6H,4-5H2,1-2H3,(H3,11,12,13,14). The number of likely N-dealkylation sites (N-methyl/N-ethyl adjacent to an activating group) is 1. The fraction of sp³-hybridized carbons (Fsp3) is 0.400. The molecule has 0 fully saturated rings. The third-order valence-corrected chi connectivity index (χ3v) is 3.00. The number of thiophene rings is 1. The van der Waals surface area contributed by atoms with E-state index in [-0.39, 0.29) is 0 Å². The van der Waals surface area contributed by atoms with E-state index in [1.165, 1.54) is 0 Å². The quantitative estimate of drug-likeness (QED) is 0.837. The molecule has 16 heavy (non-hydrogen) atoms. The Balaban J connectivity index is 2.19. The molecule has 0 unspecified atom stereocenters. The van der Waals surface area contributed by atoms with Crippen LogP contribution in [0, 0.1) is 0 Å². The first-order valence-corrected chi connectivity index (χ1v) is 5.94. The molecule has 2 rings (SSSR count). The van der Waals surface area contributed by atoms with Crippen molar-refractivity contribution in [1.29, 1.82) is 0 Å². The van der Waals surface area contributed by atoms with Gasteiger partial charge in [0, 0.05) is 13.1 Å². The molecule has 0 radical (unpaired) electrons. The molecule has 0 atom stereocenters. The Bertz CT molecular complexity index is 479. The molecular formula is C10H15N5S. The first-order chi connectivity index (χ1) is 7.66. The topological polar surface area (TPSA) is 67.1 Å². The van der Waals surface area contributed by atoms with Crippen LogP contribution in [-0.2, 0) is 0 Å². The predicted molar refractivity (Wildman–Crippen MR) is 68.9 cm³/mol. The van der Waals surface area contributed by atoms with E-state index in [9.17, 15) is 0 Å². The Kier molecular flexibility index (Phi) is 3.21. The fourth-order valence-corrected chi connectivity index (χ4v) is 2.18. The van der Waals surface area contributed by atoms with E-state index in [0.717, 1.165) is 29.1 Å². The largest absolute Gasteiger partial charge is 0.368 e. The van der Waals surface area contributed by atoms with E-state index in [1.807, 2.05) is 25.5 Å². The molecule has 0 aliphatic heterocycles. The number of fused-ring (bicyclic) bond motifs is 1. The monoisotopic (exact) mass is 237 g/mol. The smallest absolute Gasteiger partial charge is 0.223 e. The van der Waals surface area contributed by atoms with Crippen molar-refractivity contribution in [3.05, 3.63) is 11.4 Å². The lowest BCUT2D eigenvalue weighted by Gasteiger charge is -2.11. The van der Waals surface area contributed by atoms with E-state index in [2.05, 4.69) is 20.2 Å². The summed E-state index contributed by atoms with van der Waals surface area (Å²) in [6, 6.07) is 2.01. The lowest BCUT2D eigenvalue weighted by molar-refractivity contribution is 0.425. The van der Waals surface area contributed by atoms with Gasteiger partial charge in [-0.2, -0.15) is 4.98 Å². The molecule has 0 saturated heterocycles. The van der Waals surface area contributed by atoms with Crippen molar-refractivity contribution in [3.63, 3.8) is 0 Å². The predicted octanol–water partition coefficient (Wildman–Crippen LogP) is 1.25. The molecule has 0 amide bonds. The minimum Gasteiger partial charge on any atom is -0.368 e. The van der Waals surface area contributed by atoms with Crippen LogP contribution in [0.2, 0.25) is 0 Å². The van der Waals surface area contributed by atoms with Gasteiger partial charge in [0.25, 0.3) is 0 Å². The number of hydrogen-bond donors (Lipinski definition) is 2. The van der Waals surface area contributed by atoms with Gasteiger partial charge in [-0.25, -0.2) is 4.98 Å². The summed E-state index contributed by atoms with van der Waals surface area (Å²) in [5.74, 6) is 1.15. The molecule has 3 N–H and O–H groups in total. The maximum absolute atomic E-state index is 5.65. The van der Waals surface area contributed by atoms with Gasteiger partial charge in [-0.3, -0.25) is 0 Å². The first-order valence-electron chi connectivity index (χ1n) is 5.06. The van der Waals surface area contributed by atoms with Crippen LogP contribution >= 0.6 is 11.3 Å². The molecule has 0 saturated carbocycles. The number of hydrogen-bond acceptors (Lipinski definition) is 6. The Labute approximate surface area is 98.3 Å². The van der Waals surface area contributed by atoms with Crippen molar-refractivity contribution in [2.75, 3.05) is 38.2 Å². The summed E-state index contributed by atoms with van der Waals surface area (Å²) in [6.45, 7) is 1.80. The van der Waals surface area contributed by atoms with Gasteiger partial charge in [0.2, 0.25) is 5.95 Å². The van der Waals surface area contributed by atoms with Crippen LogP contribution in [-0.4, -0.2) is 42.1 Å². The zero-order chi connectivity index (χ0) is 11.5. The highest BCUT2D eigenvalue weighted by molar-refractivity contribution is 7.16. The summed E-state index contributed by atoms with van der Waals surface area (Å²) in [4.78, 5) is 11.4. The molecule has 0 bridgehead atoms. The Morgan fingerprint density at radius 2 is 2.25 bits per heavy atom. The Hall–Kier alpha value is -1.40. The third kappa shape index (κ3) is 2.40. The highest BCUT2D eigenvalue weighted by Gasteiger charge is 2.06. The zero-order valence-corrected chi connectivity index (χ0v) is 10.2. The number of anilines is 2. The van der Waals surface area contributed by atoms with E-state index >= 15 is 0 Å². The zero-order valence-electron chi connectivity index (χ0n) is 9.40. The summed E-state index contributed by atoms with van der Waals surface area (Å²) < 4.78 is 0. The van der Waals surface area contributed by atoms with Crippen LogP contribution in [0.25, 0.3) is 10.2 Å². The van der Waals surface area contributed by atoms with Crippen LogP contribution in [0.3, 0.4) is 0 Å². The number of aromatic nitrogens is 2. The number of rotatable bonds is 4. The fourth-order valence-electron chi connectivity index (χ4n) is 1.40. The van der Waals surface area contributed by atoms with Crippen LogP contribution in [0.1, 0.15) is 0 Å². The van der Waals surface area contributed by atoms with Crippen molar-refractivity contribution in [3.8, 4) is 0 Å². The summed E-state index contributed by atoms with van der Waals surface area (Å²) in [5, 5.41) is 6.32. The Morgan fingerprint density at radius 3 is 3.00 bits per heavy atom. The summed E-state index contributed by atoms with van der Waals surface area (Å²) in [5.41, 5.74) is 5.65. The molecular weight excluding hydrogens is 222 g/mol. The lowest BCUT2D eigenvalue weighted by Crippen LogP contribution is -2.21. The number of nitrogens with one attached hydrogen (secondary N) is 1. The maximum atomic E-state index is 5.65. The Morgan fingerprint density at radius 1 is 1.44 bits per heavy atom. The van der Waals surface area contributed by atoms with Gasteiger partial charge in [-0.15, -0.1) is 11.3 Å². The van der Waals surface area contributed by atoms with Crippen molar-refractivity contribution in [2.45, 2.75) is 0 Å². The highest BCUT2D eigenvalue weighted by atomic mass is 32.1. The van der Waals surface area contributed by atoms with Gasteiger partial charge in [-0.1, -0.05) is 0 Å². The average Bonchev–Trinajstić information content (AvgIpc) is 2.64. The van der Waals surface area contributed by atoms with Gasteiger partial charge >= 0.3 is 0 Å². The molecule has 0 aliphatic rings. The molecule has 0 aliphatic carbocycles. The summed E-state index contributed by atoms with van der Waals surface area (Å²) >= 11 is 1.57. The minimum atomic E-state index is 0.322. The second kappa shape index (κ2) is 4.63. The van der Waals surface area contributed by atoms with Gasteiger partial charge in [0.15, 0.2) is 0 Å². The van der Waals surface area contributed by atoms with Gasteiger partial charge in [0.05, 0.1) is 5.39 Å². The van der Waals surface area contributed by atoms with E-state index in [4.69, 9.17) is 5.73 Å². The first kappa shape index (κ1) is 11.1. The molecule has 5 nitrogen and oxygen atoms in total. The average molecular weight is 237 g/mol. The van der Waals surface area contributed by atoms with Crippen molar-refractivity contribution >= 4 is 33.3 Å². The van der Waals surface area contributed by atoms with Gasteiger partial charge in [-0.05, 0) is 25.5 Å². The van der Waals surface area contributed by atoms with Crippen LogP contribution < -0.4 is 11.1 Å². The number of nitrogens with zero attached hydrogens (tertiary/aromatic N) is 3. The molecule has 2 aromatic heterocycles. The van der Waals surface area contributed by atoms with Gasteiger partial charge in [0.1, 0.15) is 10.6 Å². The molecule has 6 heteroatoms. The van der Waals surface area contributed by atoms with Crippen molar-refractivity contribution < 1.29 is 0 Å². The molecule has 0 aromatic carbocycles. The van der Waals surface area contributed by atoms with Crippen molar-refractivity contribution in [1.82, 2.24) is 14.9 Å². The van der Waals surface area contributed by atoms with Crippen molar-refractivity contribution in [2.24, 2.45) is 0 Å². The SMILES string of the molecule is CN(C)CCNc1nc(N)nc2sccc12. The molecule has 0 spiro atoms. The normalized spacial score (nSPS) is 11.2. The summed E-state index contributed by atoms with van der Waals surface area (Å²) in [6.07, 6.45) is 0. The highest BCUT2D eigenvalue weighted by Crippen LogP contribution is 2.25. The second-order valence-corrected chi connectivity index (χ2v) is 4.69. The molecule has 86 valence electrons. The van der Waals surface area contributed by atoms with E-state index in [1.54, 1.807) is 11.3 Å².